The minimum absolute atomic E-state index is 0.351. The Morgan fingerprint density at radius 3 is 1.85 bits per heavy atom. The zero-order chi connectivity index (χ0) is 10.1. The Labute approximate surface area is 83.5 Å². The summed E-state index contributed by atoms with van der Waals surface area (Å²) in [6.07, 6.45) is 8.30. The van der Waals surface area contributed by atoms with E-state index in [2.05, 4.69) is 20.8 Å². The highest BCUT2D eigenvalue weighted by Crippen LogP contribution is 2.11. The highest BCUT2D eigenvalue weighted by molar-refractivity contribution is 4.56. The highest BCUT2D eigenvalue weighted by Gasteiger charge is 1.96. The lowest BCUT2D eigenvalue weighted by Crippen LogP contribution is -1.98. The van der Waals surface area contributed by atoms with Gasteiger partial charge in [-0.15, -0.1) is 0 Å². The van der Waals surface area contributed by atoms with Crippen molar-refractivity contribution in [1.29, 1.82) is 0 Å². The van der Waals surface area contributed by atoms with E-state index in [-0.39, 0.29) is 6.10 Å². The molecule has 0 aromatic rings. The first-order valence-corrected chi connectivity index (χ1v) is 5.64. The molecule has 1 nitrogen and oxygen atoms in total. The maximum atomic E-state index is 8.92. The Bertz CT molecular complexity index is 85.3. The molecule has 0 saturated heterocycles. The highest BCUT2D eigenvalue weighted by atomic mass is 16.3. The first-order chi connectivity index (χ1) is 6.13. The van der Waals surface area contributed by atoms with Gasteiger partial charge in [0.2, 0.25) is 0 Å². The van der Waals surface area contributed by atoms with Crippen molar-refractivity contribution in [3.63, 3.8) is 0 Å². The van der Waals surface area contributed by atoms with Crippen LogP contribution in [0.3, 0.4) is 0 Å². The molecule has 1 unspecified atom stereocenters. The fourth-order valence-corrected chi connectivity index (χ4v) is 1.46. The van der Waals surface area contributed by atoms with Crippen LogP contribution in [0, 0.1) is 12.8 Å². The molecule has 0 aliphatic carbocycles. The summed E-state index contributed by atoms with van der Waals surface area (Å²) in [4.78, 5) is 0. The summed E-state index contributed by atoms with van der Waals surface area (Å²) in [6.45, 7) is 8.10. The van der Waals surface area contributed by atoms with Gasteiger partial charge in [-0.25, -0.2) is 0 Å². The molecule has 0 rings (SSSR count). The van der Waals surface area contributed by atoms with E-state index in [1.807, 2.05) is 0 Å². The van der Waals surface area contributed by atoms with E-state index in [1.54, 1.807) is 0 Å². The van der Waals surface area contributed by atoms with Crippen LogP contribution in [0.1, 0.15) is 58.8 Å². The van der Waals surface area contributed by atoms with Crippen LogP contribution in [0.4, 0.5) is 0 Å². The van der Waals surface area contributed by atoms with Crippen molar-refractivity contribution in [3.8, 4) is 0 Å². The molecule has 1 heteroatoms. The maximum absolute atomic E-state index is 8.92. The third-order valence-corrected chi connectivity index (χ3v) is 2.32. The van der Waals surface area contributed by atoms with E-state index in [0.717, 1.165) is 18.8 Å². The third kappa shape index (κ3) is 12.0. The van der Waals surface area contributed by atoms with E-state index in [4.69, 9.17) is 5.11 Å². The predicted octanol–water partition coefficient (Wildman–Crippen LogP) is 3.57. The van der Waals surface area contributed by atoms with Gasteiger partial charge in [-0.1, -0.05) is 52.4 Å². The molecule has 0 bridgehead atoms. The molecule has 1 N–H and O–H groups in total. The van der Waals surface area contributed by atoms with Crippen LogP contribution in [0.25, 0.3) is 0 Å². The normalized spacial score (nSPS) is 13.6. The standard InChI is InChI=1S/C12H25O/c1-11(2)9-7-5-4-6-8-10-12(3)13/h11-13H,3-10H2,1-2H3. The summed E-state index contributed by atoms with van der Waals surface area (Å²) in [7, 11) is 0. The Hall–Kier alpha value is -0.0400. The van der Waals surface area contributed by atoms with E-state index in [0.29, 0.717) is 0 Å². The molecule has 13 heavy (non-hydrogen) atoms. The molecule has 0 spiro atoms. The summed E-state index contributed by atoms with van der Waals surface area (Å²) in [5.74, 6) is 0.849. The van der Waals surface area contributed by atoms with Gasteiger partial charge in [-0.2, -0.15) is 0 Å². The molecule has 0 aromatic carbocycles. The number of unbranched alkanes of at least 4 members (excludes halogenated alkanes) is 4. The lowest BCUT2D eigenvalue weighted by atomic mass is 10.0. The molecule has 0 aliphatic rings. The summed E-state index contributed by atoms with van der Waals surface area (Å²) in [6, 6.07) is 0. The molecule has 0 aliphatic heterocycles. The van der Waals surface area contributed by atoms with Gasteiger partial charge in [0.1, 0.15) is 0 Å². The van der Waals surface area contributed by atoms with Crippen LogP contribution in [0.2, 0.25) is 0 Å². The van der Waals surface area contributed by atoms with Crippen LogP contribution in [-0.2, 0) is 0 Å². The van der Waals surface area contributed by atoms with Gasteiger partial charge in [-0.3, -0.25) is 0 Å². The Morgan fingerprint density at radius 2 is 1.38 bits per heavy atom. The van der Waals surface area contributed by atoms with Crippen molar-refractivity contribution in [2.45, 2.75) is 64.9 Å². The molecule has 0 aromatic heterocycles. The van der Waals surface area contributed by atoms with Crippen molar-refractivity contribution >= 4 is 0 Å². The number of hydrogen-bond acceptors (Lipinski definition) is 1. The number of rotatable bonds is 8. The minimum Gasteiger partial charge on any atom is -0.393 e. The molecular weight excluding hydrogens is 160 g/mol. The van der Waals surface area contributed by atoms with Crippen LogP contribution in [-0.4, -0.2) is 11.2 Å². The van der Waals surface area contributed by atoms with Gasteiger partial charge >= 0.3 is 0 Å². The number of aliphatic hydroxyl groups is 1. The van der Waals surface area contributed by atoms with Gasteiger partial charge in [0.05, 0.1) is 6.10 Å². The predicted molar refractivity (Wildman–Crippen MR) is 58.5 cm³/mol. The van der Waals surface area contributed by atoms with Crippen LogP contribution in [0.5, 0.6) is 0 Å². The average Bonchev–Trinajstić information content (AvgIpc) is 2.01. The SMILES string of the molecule is [CH2]C(O)CCCCCCCC(C)C. The molecule has 0 saturated carbocycles. The van der Waals surface area contributed by atoms with Crippen LogP contribution in [0.15, 0.2) is 0 Å². The minimum atomic E-state index is -0.351. The maximum Gasteiger partial charge on any atom is 0.0541 e. The smallest absolute Gasteiger partial charge is 0.0541 e. The Kier molecular flexibility index (Phi) is 8.53. The Balaban J connectivity index is 2.92. The molecule has 79 valence electrons. The van der Waals surface area contributed by atoms with Crippen molar-refractivity contribution in [3.05, 3.63) is 6.92 Å². The quantitative estimate of drug-likeness (QED) is 0.573. The first kappa shape index (κ1) is 13.0. The number of aliphatic hydroxyl groups excluding tert-OH is 1. The summed E-state index contributed by atoms with van der Waals surface area (Å²) in [5, 5.41) is 8.92. The zero-order valence-corrected chi connectivity index (χ0v) is 9.26. The third-order valence-electron chi connectivity index (χ3n) is 2.32. The fourth-order valence-electron chi connectivity index (χ4n) is 1.46. The molecular formula is C12H25O. The van der Waals surface area contributed by atoms with Gasteiger partial charge in [0.25, 0.3) is 0 Å². The summed E-state index contributed by atoms with van der Waals surface area (Å²) >= 11 is 0. The van der Waals surface area contributed by atoms with Crippen LogP contribution >= 0.6 is 0 Å². The largest absolute Gasteiger partial charge is 0.393 e. The summed E-state index contributed by atoms with van der Waals surface area (Å²) in [5.41, 5.74) is 0. The Morgan fingerprint density at radius 1 is 0.923 bits per heavy atom. The van der Waals surface area contributed by atoms with Gasteiger partial charge in [-0.05, 0) is 19.3 Å². The van der Waals surface area contributed by atoms with E-state index in [9.17, 15) is 0 Å². The van der Waals surface area contributed by atoms with Crippen molar-refractivity contribution in [2.75, 3.05) is 0 Å². The second kappa shape index (κ2) is 8.55. The van der Waals surface area contributed by atoms with Crippen molar-refractivity contribution in [2.24, 2.45) is 5.92 Å². The molecule has 0 fully saturated rings. The van der Waals surface area contributed by atoms with Gasteiger partial charge < -0.3 is 5.11 Å². The first-order valence-electron chi connectivity index (χ1n) is 5.64. The lowest BCUT2D eigenvalue weighted by molar-refractivity contribution is 0.205. The average molecular weight is 185 g/mol. The zero-order valence-electron chi connectivity index (χ0n) is 9.26. The van der Waals surface area contributed by atoms with E-state index < -0.39 is 0 Å². The molecule has 1 atom stereocenters. The second-order valence-corrected chi connectivity index (χ2v) is 4.39. The van der Waals surface area contributed by atoms with Crippen LogP contribution < -0.4 is 0 Å². The van der Waals surface area contributed by atoms with Gasteiger partial charge in [0.15, 0.2) is 0 Å². The molecule has 1 radical (unpaired) electrons. The molecule has 0 heterocycles. The fraction of sp³-hybridized carbons (Fsp3) is 0.917. The van der Waals surface area contributed by atoms with Crippen molar-refractivity contribution < 1.29 is 5.11 Å². The monoisotopic (exact) mass is 185 g/mol. The molecule has 0 amide bonds. The second-order valence-electron chi connectivity index (χ2n) is 4.39. The number of hydrogen-bond donors (Lipinski definition) is 1. The van der Waals surface area contributed by atoms with E-state index in [1.165, 1.54) is 32.1 Å². The summed E-state index contributed by atoms with van der Waals surface area (Å²) < 4.78 is 0. The lowest BCUT2D eigenvalue weighted by Gasteiger charge is -2.05. The van der Waals surface area contributed by atoms with E-state index >= 15 is 0 Å². The van der Waals surface area contributed by atoms with Gasteiger partial charge in [0, 0.05) is 0 Å². The topological polar surface area (TPSA) is 20.2 Å². The van der Waals surface area contributed by atoms with Crippen molar-refractivity contribution in [1.82, 2.24) is 0 Å².